The van der Waals surface area contributed by atoms with Crippen LogP contribution in [0.15, 0.2) is 23.0 Å². The maximum atomic E-state index is 13.2. The highest BCUT2D eigenvalue weighted by Crippen LogP contribution is 2.24. The summed E-state index contributed by atoms with van der Waals surface area (Å²) in [6.45, 7) is 1.92. The molecule has 1 aliphatic heterocycles. The van der Waals surface area contributed by atoms with Gasteiger partial charge in [-0.05, 0) is 37.7 Å². The van der Waals surface area contributed by atoms with E-state index in [1.807, 2.05) is 4.90 Å². The van der Waals surface area contributed by atoms with E-state index in [9.17, 15) is 19.7 Å². The number of rotatable bonds is 6. The van der Waals surface area contributed by atoms with Crippen LogP contribution in [0.3, 0.4) is 0 Å². The van der Waals surface area contributed by atoms with E-state index >= 15 is 0 Å². The maximum absolute atomic E-state index is 13.2. The molecule has 9 nitrogen and oxygen atoms in total. The van der Waals surface area contributed by atoms with Gasteiger partial charge in [-0.2, -0.15) is 0 Å². The van der Waals surface area contributed by atoms with Gasteiger partial charge < -0.3 is 10.2 Å². The van der Waals surface area contributed by atoms with Gasteiger partial charge in [0, 0.05) is 31.8 Å². The number of nitrogens with one attached hydrogen (secondary N) is 1. The van der Waals surface area contributed by atoms with Gasteiger partial charge in [-0.15, -0.1) is 0 Å². The summed E-state index contributed by atoms with van der Waals surface area (Å²) >= 11 is 0. The molecule has 1 N–H and O–H groups in total. The number of carbonyl (C=O) groups excluding carboxylic acids is 1. The quantitative estimate of drug-likeness (QED) is 0.576. The number of benzene rings is 1. The lowest BCUT2D eigenvalue weighted by molar-refractivity contribution is -0.384. The molecule has 0 radical (unpaired) electrons. The molecule has 1 amide bonds. The van der Waals surface area contributed by atoms with Crippen molar-refractivity contribution < 1.29 is 9.72 Å². The largest absolute Gasteiger partial charge is 0.354 e. The first kappa shape index (κ1) is 20.3. The van der Waals surface area contributed by atoms with Crippen molar-refractivity contribution in [2.45, 2.75) is 51.5 Å². The van der Waals surface area contributed by atoms with Crippen molar-refractivity contribution in [3.05, 3.63) is 38.7 Å². The number of carbonyl (C=O) groups is 1. The summed E-state index contributed by atoms with van der Waals surface area (Å²) in [4.78, 5) is 43.0. The Balaban J connectivity index is 1.65. The number of aromatic nitrogens is 2. The van der Waals surface area contributed by atoms with E-state index in [1.165, 1.54) is 36.0 Å². The third-order valence-electron chi connectivity index (χ3n) is 6.14. The van der Waals surface area contributed by atoms with Crippen LogP contribution in [0.25, 0.3) is 11.0 Å². The van der Waals surface area contributed by atoms with E-state index in [-0.39, 0.29) is 23.7 Å². The fourth-order valence-electron chi connectivity index (χ4n) is 4.47. The monoisotopic (exact) mass is 413 g/mol. The number of non-ortho nitro benzene ring substituents is 1. The Hall–Kier alpha value is -2.97. The SMILES string of the molecule is O=C(Cn1c(=O)c(N2CCCC2)nc2ccc([N+](=O)[O-])cc21)NCC1CCCCC1. The molecule has 1 aromatic carbocycles. The molecule has 4 rings (SSSR count). The zero-order valence-corrected chi connectivity index (χ0v) is 17.0. The zero-order valence-electron chi connectivity index (χ0n) is 17.0. The third-order valence-corrected chi connectivity index (χ3v) is 6.14. The van der Waals surface area contributed by atoms with E-state index in [0.29, 0.717) is 29.3 Å². The highest BCUT2D eigenvalue weighted by Gasteiger charge is 2.22. The van der Waals surface area contributed by atoms with Crippen LogP contribution in [0.2, 0.25) is 0 Å². The highest BCUT2D eigenvalue weighted by molar-refractivity contribution is 5.82. The number of nitro benzene ring substituents is 1. The molecule has 2 fully saturated rings. The van der Waals surface area contributed by atoms with Crippen molar-refractivity contribution in [2.75, 3.05) is 24.5 Å². The molecule has 1 aromatic heterocycles. The van der Waals surface area contributed by atoms with E-state index < -0.39 is 4.92 Å². The summed E-state index contributed by atoms with van der Waals surface area (Å²) < 4.78 is 1.33. The van der Waals surface area contributed by atoms with Crippen molar-refractivity contribution in [1.82, 2.24) is 14.9 Å². The van der Waals surface area contributed by atoms with Crippen molar-refractivity contribution in [1.29, 1.82) is 0 Å². The van der Waals surface area contributed by atoms with Crippen LogP contribution in [0.5, 0.6) is 0 Å². The molecule has 160 valence electrons. The standard InChI is InChI=1S/C21H27N5O4/c27-19(22-13-15-6-2-1-3-7-15)14-25-18-12-16(26(29)30)8-9-17(18)23-20(21(25)28)24-10-4-5-11-24/h8-9,12,15H,1-7,10-11,13-14H2,(H,22,27). The molecule has 0 spiro atoms. The van der Waals surface area contributed by atoms with Gasteiger partial charge >= 0.3 is 0 Å². The fourth-order valence-corrected chi connectivity index (χ4v) is 4.47. The smallest absolute Gasteiger partial charge is 0.294 e. The van der Waals surface area contributed by atoms with Gasteiger partial charge in [-0.3, -0.25) is 24.3 Å². The molecular formula is C21H27N5O4. The Labute approximate surface area is 174 Å². The molecular weight excluding hydrogens is 386 g/mol. The number of amides is 1. The Morgan fingerprint density at radius 3 is 2.60 bits per heavy atom. The Kier molecular flexibility index (Phi) is 5.96. The number of anilines is 1. The Morgan fingerprint density at radius 2 is 1.90 bits per heavy atom. The molecule has 2 aromatic rings. The first-order valence-corrected chi connectivity index (χ1v) is 10.7. The highest BCUT2D eigenvalue weighted by atomic mass is 16.6. The Bertz CT molecular complexity index is 1010. The second-order valence-corrected chi connectivity index (χ2v) is 8.26. The van der Waals surface area contributed by atoms with Crippen molar-refractivity contribution >= 4 is 28.4 Å². The average molecular weight is 413 g/mol. The minimum atomic E-state index is -0.508. The minimum absolute atomic E-state index is 0.131. The third kappa shape index (κ3) is 4.29. The minimum Gasteiger partial charge on any atom is -0.354 e. The Morgan fingerprint density at radius 1 is 1.17 bits per heavy atom. The van der Waals surface area contributed by atoms with Gasteiger partial charge in [0.25, 0.3) is 11.2 Å². The molecule has 9 heteroatoms. The molecule has 1 saturated carbocycles. The van der Waals surface area contributed by atoms with Gasteiger partial charge in [-0.1, -0.05) is 19.3 Å². The number of fused-ring (bicyclic) bond motifs is 1. The van der Waals surface area contributed by atoms with Crippen LogP contribution in [0, 0.1) is 16.0 Å². The molecule has 30 heavy (non-hydrogen) atoms. The average Bonchev–Trinajstić information content (AvgIpc) is 3.29. The zero-order chi connectivity index (χ0) is 21.1. The molecule has 0 atom stereocenters. The van der Waals surface area contributed by atoms with Gasteiger partial charge in [0.05, 0.1) is 16.0 Å². The van der Waals surface area contributed by atoms with Crippen LogP contribution >= 0.6 is 0 Å². The molecule has 0 bridgehead atoms. The first-order chi connectivity index (χ1) is 14.5. The van der Waals surface area contributed by atoms with Crippen LogP contribution < -0.4 is 15.8 Å². The maximum Gasteiger partial charge on any atom is 0.294 e. The number of hydrogen-bond acceptors (Lipinski definition) is 6. The molecule has 0 unspecified atom stereocenters. The van der Waals surface area contributed by atoms with Gasteiger partial charge in [0.2, 0.25) is 5.91 Å². The van der Waals surface area contributed by atoms with E-state index in [0.717, 1.165) is 38.8 Å². The summed E-state index contributed by atoms with van der Waals surface area (Å²) in [5.41, 5.74) is 0.277. The lowest BCUT2D eigenvalue weighted by atomic mass is 9.89. The van der Waals surface area contributed by atoms with Gasteiger partial charge in [0.15, 0.2) is 5.82 Å². The fraction of sp³-hybridized carbons (Fsp3) is 0.571. The summed E-state index contributed by atoms with van der Waals surface area (Å²) in [5, 5.41) is 14.2. The molecule has 1 saturated heterocycles. The van der Waals surface area contributed by atoms with Gasteiger partial charge in [0.1, 0.15) is 6.54 Å². The number of hydrogen-bond donors (Lipinski definition) is 1. The second-order valence-electron chi connectivity index (χ2n) is 8.26. The lowest BCUT2D eigenvalue weighted by Gasteiger charge is -2.22. The predicted octanol–water partition coefficient (Wildman–Crippen LogP) is 2.60. The summed E-state index contributed by atoms with van der Waals surface area (Å²) in [6, 6.07) is 4.25. The van der Waals surface area contributed by atoms with Crippen molar-refractivity contribution in [3.63, 3.8) is 0 Å². The van der Waals surface area contributed by atoms with Crippen LogP contribution in [-0.2, 0) is 11.3 Å². The summed E-state index contributed by atoms with van der Waals surface area (Å²) in [5.74, 6) is 0.540. The second kappa shape index (κ2) is 8.81. The topological polar surface area (TPSA) is 110 Å². The van der Waals surface area contributed by atoms with E-state index in [1.54, 1.807) is 6.07 Å². The van der Waals surface area contributed by atoms with Gasteiger partial charge in [-0.25, -0.2) is 4.98 Å². The van der Waals surface area contributed by atoms with E-state index in [2.05, 4.69) is 10.3 Å². The molecule has 1 aliphatic carbocycles. The first-order valence-electron chi connectivity index (χ1n) is 10.7. The van der Waals surface area contributed by atoms with Crippen LogP contribution in [0.4, 0.5) is 11.5 Å². The van der Waals surface area contributed by atoms with Crippen LogP contribution in [-0.4, -0.2) is 40.0 Å². The number of nitro groups is 1. The van der Waals surface area contributed by atoms with Crippen LogP contribution in [0.1, 0.15) is 44.9 Å². The summed E-state index contributed by atoms with van der Waals surface area (Å²) in [6.07, 6.45) is 7.84. The van der Waals surface area contributed by atoms with E-state index in [4.69, 9.17) is 0 Å². The normalized spacial score (nSPS) is 17.4. The van der Waals surface area contributed by atoms with Crippen molar-refractivity contribution in [2.24, 2.45) is 5.92 Å². The predicted molar refractivity (Wildman–Crippen MR) is 114 cm³/mol. The van der Waals surface area contributed by atoms with Crippen molar-refractivity contribution in [3.8, 4) is 0 Å². The molecule has 2 heterocycles. The number of nitrogens with zero attached hydrogens (tertiary/aromatic N) is 4. The summed E-state index contributed by atoms with van der Waals surface area (Å²) in [7, 11) is 0. The molecule has 2 aliphatic rings. The lowest BCUT2D eigenvalue weighted by Crippen LogP contribution is -2.38.